The van der Waals surface area contributed by atoms with Crippen LogP contribution >= 0.6 is 0 Å². The van der Waals surface area contributed by atoms with Crippen molar-refractivity contribution < 1.29 is 14.3 Å². The number of rotatable bonds is 4. The molecule has 2 rings (SSSR count). The van der Waals surface area contributed by atoms with E-state index >= 15 is 0 Å². The third-order valence-electron chi connectivity index (χ3n) is 4.20. The highest BCUT2D eigenvalue weighted by atomic mass is 16.5. The number of carbonyl (C=O) groups is 1. The number of nitrogens with zero attached hydrogens (tertiary/aromatic N) is 1. The Kier molecular flexibility index (Phi) is 5.78. The highest BCUT2D eigenvalue weighted by Gasteiger charge is 2.36. The second kappa shape index (κ2) is 7.80. The summed E-state index contributed by atoms with van der Waals surface area (Å²) in [5.74, 6) is -0.922. The van der Waals surface area contributed by atoms with Gasteiger partial charge in [-0.1, -0.05) is 29.9 Å². The molecule has 0 saturated heterocycles. The van der Waals surface area contributed by atoms with Crippen molar-refractivity contribution in [2.75, 3.05) is 20.8 Å². The molecule has 2 aliphatic rings. The molecule has 24 heavy (non-hydrogen) atoms. The van der Waals surface area contributed by atoms with Crippen LogP contribution in [-0.2, 0) is 14.3 Å². The number of carbonyl (C=O) groups excluding carboxylic acids is 1. The Morgan fingerprint density at radius 2 is 2.17 bits per heavy atom. The molecular weight excluding hydrogens is 304 g/mol. The van der Waals surface area contributed by atoms with Gasteiger partial charge in [-0.2, -0.15) is 5.26 Å². The molecule has 1 atom stereocenters. The molecule has 0 aromatic heterocycles. The number of nitriles is 1. The van der Waals surface area contributed by atoms with Gasteiger partial charge in [0.25, 0.3) is 0 Å². The first-order valence-electron chi connectivity index (χ1n) is 7.77. The summed E-state index contributed by atoms with van der Waals surface area (Å²) in [6, 6.07) is 2.26. The Labute approximate surface area is 142 Å². The molecule has 1 unspecified atom stereocenters. The molecule has 0 fully saturated rings. The normalized spacial score (nSPS) is 20.7. The lowest BCUT2D eigenvalue weighted by Crippen LogP contribution is -2.33. The van der Waals surface area contributed by atoms with Gasteiger partial charge in [-0.05, 0) is 25.8 Å². The van der Waals surface area contributed by atoms with Crippen LogP contribution in [-0.4, -0.2) is 26.8 Å². The highest BCUT2D eigenvalue weighted by Crippen LogP contribution is 2.39. The quantitative estimate of drug-likeness (QED) is 0.804. The topological polar surface area (TPSA) is 71.3 Å². The standard InChI is InChI=1S/C19H22N2O3/c1-12-8-6-5-7-9-14(12)17-15(10-20)13(2)21-16(11-23-3)18(17)19(22)24-4/h5,7-9,17,21H,6,11H2,1-4H3. The average Bonchev–Trinajstić information content (AvgIpc) is 2.78. The molecule has 0 saturated carbocycles. The molecular formula is C19H22N2O3. The maximum absolute atomic E-state index is 12.5. The molecule has 1 aliphatic heterocycles. The van der Waals surface area contributed by atoms with Crippen molar-refractivity contribution in [3.63, 3.8) is 0 Å². The summed E-state index contributed by atoms with van der Waals surface area (Å²) in [4.78, 5) is 12.5. The number of allylic oxidation sites excluding steroid dienone is 8. The highest BCUT2D eigenvalue weighted by molar-refractivity contribution is 5.92. The molecule has 0 amide bonds. The number of nitrogens with one attached hydrogen (secondary N) is 1. The van der Waals surface area contributed by atoms with Crippen LogP contribution in [0.4, 0.5) is 0 Å². The van der Waals surface area contributed by atoms with Gasteiger partial charge in [-0.15, -0.1) is 0 Å². The maximum atomic E-state index is 12.5. The number of hydrogen-bond donors (Lipinski definition) is 1. The fraction of sp³-hybridized carbons (Fsp3) is 0.368. The summed E-state index contributed by atoms with van der Waals surface area (Å²) < 4.78 is 10.2. The number of esters is 1. The lowest BCUT2D eigenvalue weighted by molar-refractivity contribution is -0.136. The summed E-state index contributed by atoms with van der Waals surface area (Å²) in [5, 5.41) is 12.8. The van der Waals surface area contributed by atoms with E-state index in [2.05, 4.69) is 17.5 Å². The van der Waals surface area contributed by atoms with E-state index in [-0.39, 0.29) is 6.61 Å². The minimum Gasteiger partial charge on any atom is -0.466 e. The van der Waals surface area contributed by atoms with Crippen LogP contribution in [0.3, 0.4) is 0 Å². The zero-order chi connectivity index (χ0) is 17.7. The first-order valence-corrected chi connectivity index (χ1v) is 7.77. The zero-order valence-corrected chi connectivity index (χ0v) is 14.5. The molecule has 0 aromatic carbocycles. The molecule has 1 N–H and O–H groups in total. The fourth-order valence-corrected chi connectivity index (χ4v) is 3.03. The zero-order valence-electron chi connectivity index (χ0n) is 14.5. The van der Waals surface area contributed by atoms with Crippen LogP contribution in [0, 0.1) is 17.2 Å². The van der Waals surface area contributed by atoms with Crippen molar-refractivity contribution in [1.82, 2.24) is 5.32 Å². The summed E-state index contributed by atoms with van der Waals surface area (Å²) in [6.45, 7) is 4.07. The molecule has 0 spiro atoms. The molecule has 1 aliphatic carbocycles. The van der Waals surface area contributed by atoms with Gasteiger partial charge < -0.3 is 14.8 Å². The minimum absolute atomic E-state index is 0.239. The Hall–Kier alpha value is -2.58. The molecule has 0 aromatic rings. The van der Waals surface area contributed by atoms with Crippen molar-refractivity contribution >= 4 is 5.97 Å². The van der Waals surface area contributed by atoms with E-state index in [0.717, 1.165) is 23.3 Å². The maximum Gasteiger partial charge on any atom is 0.336 e. The Morgan fingerprint density at radius 3 is 2.79 bits per heavy atom. The average molecular weight is 326 g/mol. The molecule has 0 bridgehead atoms. The molecule has 5 heteroatoms. The van der Waals surface area contributed by atoms with E-state index < -0.39 is 11.9 Å². The van der Waals surface area contributed by atoms with Crippen LogP contribution in [0.5, 0.6) is 0 Å². The minimum atomic E-state index is -0.465. The van der Waals surface area contributed by atoms with Gasteiger partial charge in [0.05, 0.1) is 42.5 Å². The molecule has 1 heterocycles. The van der Waals surface area contributed by atoms with Crippen molar-refractivity contribution in [2.45, 2.75) is 20.3 Å². The van der Waals surface area contributed by atoms with Gasteiger partial charge >= 0.3 is 5.97 Å². The van der Waals surface area contributed by atoms with Crippen LogP contribution in [0.2, 0.25) is 0 Å². The van der Waals surface area contributed by atoms with Gasteiger partial charge in [-0.3, -0.25) is 0 Å². The fourth-order valence-electron chi connectivity index (χ4n) is 3.03. The monoisotopic (exact) mass is 326 g/mol. The van der Waals surface area contributed by atoms with Crippen LogP contribution in [0.25, 0.3) is 0 Å². The van der Waals surface area contributed by atoms with Crippen LogP contribution < -0.4 is 5.32 Å². The van der Waals surface area contributed by atoms with Gasteiger partial charge in [0.1, 0.15) is 0 Å². The van der Waals surface area contributed by atoms with E-state index in [1.54, 1.807) is 7.11 Å². The van der Waals surface area contributed by atoms with E-state index in [0.29, 0.717) is 16.8 Å². The third kappa shape index (κ3) is 3.34. The second-order valence-corrected chi connectivity index (χ2v) is 5.70. The Morgan fingerprint density at radius 1 is 1.42 bits per heavy atom. The lowest BCUT2D eigenvalue weighted by atomic mass is 9.78. The third-order valence-corrected chi connectivity index (χ3v) is 4.20. The largest absolute Gasteiger partial charge is 0.466 e. The van der Waals surface area contributed by atoms with Crippen molar-refractivity contribution in [2.24, 2.45) is 5.92 Å². The van der Waals surface area contributed by atoms with E-state index in [9.17, 15) is 10.1 Å². The van der Waals surface area contributed by atoms with Gasteiger partial charge in [0.15, 0.2) is 0 Å². The van der Waals surface area contributed by atoms with Gasteiger partial charge in [0.2, 0.25) is 0 Å². The Balaban J connectivity index is 2.69. The van der Waals surface area contributed by atoms with E-state index in [4.69, 9.17) is 9.47 Å². The summed E-state index contributed by atoms with van der Waals surface area (Å²) >= 11 is 0. The summed E-state index contributed by atoms with van der Waals surface area (Å²) in [5.41, 5.74) is 4.28. The van der Waals surface area contributed by atoms with Crippen molar-refractivity contribution in [3.8, 4) is 6.07 Å². The van der Waals surface area contributed by atoms with E-state index in [1.165, 1.54) is 7.11 Å². The molecule has 126 valence electrons. The second-order valence-electron chi connectivity index (χ2n) is 5.70. The number of methoxy groups -OCH3 is 2. The van der Waals surface area contributed by atoms with Crippen LogP contribution in [0.1, 0.15) is 20.3 Å². The summed E-state index contributed by atoms with van der Waals surface area (Å²) in [7, 11) is 2.91. The van der Waals surface area contributed by atoms with E-state index in [1.807, 2.05) is 32.1 Å². The lowest BCUT2D eigenvalue weighted by Gasteiger charge is -2.31. The van der Waals surface area contributed by atoms with Crippen molar-refractivity contribution in [1.29, 1.82) is 5.26 Å². The van der Waals surface area contributed by atoms with Gasteiger partial charge in [-0.25, -0.2) is 4.79 Å². The summed E-state index contributed by atoms with van der Waals surface area (Å²) in [6.07, 6.45) is 8.88. The molecule has 0 radical (unpaired) electrons. The predicted molar refractivity (Wildman–Crippen MR) is 91.5 cm³/mol. The van der Waals surface area contributed by atoms with Crippen molar-refractivity contribution in [3.05, 3.63) is 58.0 Å². The van der Waals surface area contributed by atoms with Crippen LogP contribution in [0.15, 0.2) is 58.0 Å². The molecule has 5 nitrogen and oxygen atoms in total. The number of ether oxygens (including phenoxy) is 2. The Bertz CT molecular complexity index is 730. The van der Waals surface area contributed by atoms with Gasteiger partial charge in [0, 0.05) is 12.8 Å². The first kappa shape index (κ1) is 17.8. The SMILES string of the molecule is COCC1=C(C(=O)OC)C(C2=CC=CCC=C2C)C(C#N)=C(C)N1. The number of dihydropyridines is 1. The smallest absolute Gasteiger partial charge is 0.336 e. The first-order chi connectivity index (χ1) is 11.5. The predicted octanol–water partition coefficient (Wildman–Crippen LogP) is 2.91. The number of hydrogen-bond acceptors (Lipinski definition) is 5.